The molecule has 1 aromatic rings. The van der Waals surface area contributed by atoms with Crippen LogP contribution in [0.25, 0.3) is 0 Å². The van der Waals surface area contributed by atoms with E-state index in [1.54, 1.807) is 0 Å². The Morgan fingerprint density at radius 1 is 1.41 bits per heavy atom. The highest BCUT2D eigenvalue weighted by molar-refractivity contribution is 9.10. The molecule has 0 aliphatic rings. The van der Waals surface area contributed by atoms with Crippen molar-refractivity contribution in [1.29, 1.82) is 0 Å². The van der Waals surface area contributed by atoms with Crippen LogP contribution in [0, 0.1) is 5.82 Å². The van der Waals surface area contributed by atoms with Gasteiger partial charge in [0.15, 0.2) is 0 Å². The Morgan fingerprint density at radius 2 is 2.00 bits per heavy atom. The second-order valence-electron chi connectivity index (χ2n) is 3.43. The van der Waals surface area contributed by atoms with Gasteiger partial charge in [0.05, 0.1) is 18.0 Å². The van der Waals surface area contributed by atoms with Crippen LogP contribution in [0.2, 0.25) is 0 Å². The van der Waals surface area contributed by atoms with E-state index in [2.05, 4.69) is 15.9 Å². The lowest BCUT2D eigenvalue weighted by molar-refractivity contribution is -0.138. The molecule has 0 saturated heterocycles. The second-order valence-corrected chi connectivity index (χ2v) is 4.29. The lowest BCUT2D eigenvalue weighted by atomic mass is 10.0. The minimum atomic E-state index is -4.38. The SMILES string of the molecule is COc1cc(F)c(Br)cc1C(N)CC(F)(F)F. The molecule has 1 rings (SSSR count). The molecule has 7 heteroatoms. The van der Waals surface area contributed by atoms with Crippen LogP contribution in [0.3, 0.4) is 0 Å². The highest BCUT2D eigenvalue weighted by atomic mass is 79.9. The van der Waals surface area contributed by atoms with E-state index in [0.717, 1.165) is 6.07 Å². The van der Waals surface area contributed by atoms with Gasteiger partial charge in [0.1, 0.15) is 11.6 Å². The summed E-state index contributed by atoms with van der Waals surface area (Å²) in [6.45, 7) is 0. The van der Waals surface area contributed by atoms with E-state index in [9.17, 15) is 17.6 Å². The van der Waals surface area contributed by atoms with Gasteiger partial charge in [-0.05, 0) is 22.0 Å². The number of hydrogen-bond donors (Lipinski definition) is 1. The van der Waals surface area contributed by atoms with Gasteiger partial charge in [-0.25, -0.2) is 4.39 Å². The molecule has 0 heterocycles. The van der Waals surface area contributed by atoms with E-state index in [1.165, 1.54) is 13.2 Å². The molecule has 0 amide bonds. The molecule has 2 nitrogen and oxygen atoms in total. The lowest BCUT2D eigenvalue weighted by Crippen LogP contribution is -2.21. The number of ether oxygens (including phenoxy) is 1. The molecule has 0 spiro atoms. The van der Waals surface area contributed by atoms with Crippen LogP contribution in [-0.2, 0) is 0 Å². The third kappa shape index (κ3) is 3.85. The quantitative estimate of drug-likeness (QED) is 0.866. The molecule has 96 valence electrons. The first-order valence-corrected chi connectivity index (χ1v) is 5.39. The smallest absolute Gasteiger partial charge is 0.390 e. The van der Waals surface area contributed by atoms with Gasteiger partial charge in [-0.15, -0.1) is 0 Å². The molecule has 0 aliphatic carbocycles. The summed E-state index contributed by atoms with van der Waals surface area (Å²) in [6, 6.07) is 0.905. The minimum Gasteiger partial charge on any atom is -0.496 e. The van der Waals surface area contributed by atoms with Gasteiger partial charge < -0.3 is 10.5 Å². The standard InChI is InChI=1S/C10H10BrF4NO/c1-17-9-3-7(12)6(11)2-5(9)8(16)4-10(13,14)15/h2-3,8H,4,16H2,1H3. The summed E-state index contributed by atoms with van der Waals surface area (Å²) < 4.78 is 54.6. The molecule has 0 saturated carbocycles. The zero-order valence-electron chi connectivity index (χ0n) is 8.81. The molecule has 0 aromatic heterocycles. The molecular weight excluding hydrogens is 306 g/mol. The van der Waals surface area contributed by atoms with Crippen LogP contribution >= 0.6 is 15.9 Å². The predicted molar refractivity (Wildman–Crippen MR) is 58.3 cm³/mol. The second kappa shape index (κ2) is 5.22. The number of benzene rings is 1. The first-order valence-electron chi connectivity index (χ1n) is 4.60. The van der Waals surface area contributed by atoms with Gasteiger partial charge in [-0.1, -0.05) is 0 Å². The fourth-order valence-electron chi connectivity index (χ4n) is 1.37. The van der Waals surface area contributed by atoms with Gasteiger partial charge in [-0.2, -0.15) is 13.2 Å². The molecule has 1 aromatic carbocycles. The number of alkyl halides is 3. The summed E-state index contributed by atoms with van der Waals surface area (Å²) in [5, 5.41) is 0. The molecular formula is C10H10BrF4NO. The normalized spacial score (nSPS) is 13.6. The van der Waals surface area contributed by atoms with Crippen LogP contribution in [0.4, 0.5) is 17.6 Å². The van der Waals surface area contributed by atoms with Crippen molar-refractivity contribution < 1.29 is 22.3 Å². The summed E-state index contributed by atoms with van der Waals surface area (Å²) in [5.41, 5.74) is 5.54. The van der Waals surface area contributed by atoms with E-state index in [0.29, 0.717) is 0 Å². The van der Waals surface area contributed by atoms with Crippen molar-refractivity contribution in [2.45, 2.75) is 18.6 Å². The molecule has 17 heavy (non-hydrogen) atoms. The van der Waals surface area contributed by atoms with Crippen LogP contribution in [0.5, 0.6) is 5.75 Å². The zero-order valence-corrected chi connectivity index (χ0v) is 10.4. The molecule has 1 unspecified atom stereocenters. The molecule has 0 bridgehead atoms. The Hall–Kier alpha value is -0.820. The topological polar surface area (TPSA) is 35.2 Å². The predicted octanol–water partition coefficient (Wildman–Crippen LogP) is 3.55. The van der Waals surface area contributed by atoms with Crippen LogP contribution in [-0.4, -0.2) is 13.3 Å². The van der Waals surface area contributed by atoms with Crippen molar-refractivity contribution in [2.75, 3.05) is 7.11 Å². The van der Waals surface area contributed by atoms with Crippen LogP contribution in [0.1, 0.15) is 18.0 Å². The Kier molecular flexibility index (Phi) is 4.37. The minimum absolute atomic E-state index is 0.00227. The third-order valence-corrected chi connectivity index (χ3v) is 2.73. The van der Waals surface area contributed by atoms with E-state index in [4.69, 9.17) is 10.5 Å². The molecule has 2 N–H and O–H groups in total. The molecule has 0 aliphatic heterocycles. The molecule has 1 atom stereocenters. The average Bonchev–Trinajstić information content (AvgIpc) is 2.18. The fraction of sp³-hybridized carbons (Fsp3) is 0.400. The van der Waals surface area contributed by atoms with Crippen molar-refractivity contribution in [3.8, 4) is 5.75 Å². The van der Waals surface area contributed by atoms with Gasteiger partial charge in [0.2, 0.25) is 0 Å². The van der Waals surface area contributed by atoms with Gasteiger partial charge in [0.25, 0.3) is 0 Å². The highest BCUT2D eigenvalue weighted by Crippen LogP contribution is 2.35. The Bertz CT molecular complexity index is 408. The monoisotopic (exact) mass is 315 g/mol. The van der Waals surface area contributed by atoms with Gasteiger partial charge in [-0.3, -0.25) is 0 Å². The fourth-order valence-corrected chi connectivity index (χ4v) is 1.73. The van der Waals surface area contributed by atoms with Crippen molar-refractivity contribution >= 4 is 15.9 Å². The number of rotatable bonds is 3. The van der Waals surface area contributed by atoms with Crippen molar-refractivity contribution in [3.63, 3.8) is 0 Å². The van der Waals surface area contributed by atoms with E-state index in [-0.39, 0.29) is 15.8 Å². The number of nitrogens with two attached hydrogens (primary N) is 1. The average molecular weight is 316 g/mol. The van der Waals surface area contributed by atoms with E-state index in [1.807, 2.05) is 0 Å². The Morgan fingerprint density at radius 3 is 2.47 bits per heavy atom. The Balaban J connectivity index is 3.08. The first kappa shape index (κ1) is 14.2. The van der Waals surface area contributed by atoms with Crippen LogP contribution < -0.4 is 10.5 Å². The van der Waals surface area contributed by atoms with E-state index < -0.39 is 24.5 Å². The summed E-state index contributed by atoms with van der Waals surface area (Å²) in [7, 11) is 1.24. The summed E-state index contributed by atoms with van der Waals surface area (Å²) >= 11 is 2.89. The zero-order chi connectivity index (χ0) is 13.2. The highest BCUT2D eigenvalue weighted by Gasteiger charge is 2.32. The van der Waals surface area contributed by atoms with Gasteiger partial charge in [0, 0.05) is 17.7 Å². The number of hydrogen-bond acceptors (Lipinski definition) is 2. The summed E-state index contributed by atoms with van der Waals surface area (Å²) in [5.74, 6) is -0.618. The lowest BCUT2D eigenvalue weighted by Gasteiger charge is -2.17. The maximum atomic E-state index is 13.2. The van der Waals surface area contributed by atoms with Crippen molar-refractivity contribution in [3.05, 3.63) is 28.0 Å². The Labute approximate surface area is 104 Å². The van der Waals surface area contributed by atoms with Crippen molar-refractivity contribution in [2.24, 2.45) is 5.73 Å². The van der Waals surface area contributed by atoms with Crippen LogP contribution in [0.15, 0.2) is 16.6 Å². The van der Waals surface area contributed by atoms with Crippen molar-refractivity contribution in [1.82, 2.24) is 0 Å². The third-order valence-electron chi connectivity index (χ3n) is 2.12. The summed E-state index contributed by atoms with van der Waals surface area (Å²) in [4.78, 5) is 0. The number of halogens is 5. The largest absolute Gasteiger partial charge is 0.496 e. The maximum Gasteiger partial charge on any atom is 0.390 e. The molecule has 0 radical (unpaired) electrons. The summed E-state index contributed by atoms with van der Waals surface area (Å²) in [6.07, 6.45) is -5.58. The first-order chi connectivity index (χ1) is 7.74. The maximum absolute atomic E-state index is 13.2. The van der Waals surface area contributed by atoms with Gasteiger partial charge >= 0.3 is 6.18 Å². The molecule has 0 fully saturated rings. The number of methoxy groups -OCH3 is 1. The van der Waals surface area contributed by atoms with E-state index >= 15 is 0 Å².